The maximum Gasteiger partial charge on any atom is 0.433 e. The Hall–Kier alpha value is -3.14. The molecule has 30 heavy (non-hydrogen) atoms. The van der Waals surface area contributed by atoms with E-state index in [-0.39, 0.29) is 49.2 Å². The van der Waals surface area contributed by atoms with Gasteiger partial charge in [0, 0.05) is 24.6 Å². The lowest BCUT2D eigenvalue weighted by Gasteiger charge is -2.29. The quantitative estimate of drug-likeness (QED) is 0.717. The molecule has 7 nitrogen and oxygen atoms in total. The molecule has 0 saturated heterocycles. The molecule has 160 valence electrons. The Morgan fingerprint density at radius 3 is 2.70 bits per heavy atom. The van der Waals surface area contributed by atoms with Crippen LogP contribution in [0, 0.1) is 0 Å². The Morgan fingerprint density at radius 2 is 2.03 bits per heavy atom. The molecule has 0 fully saturated rings. The van der Waals surface area contributed by atoms with E-state index >= 15 is 0 Å². The number of esters is 1. The van der Waals surface area contributed by atoms with Crippen molar-refractivity contribution in [3.05, 3.63) is 47.2 Å². The summed E-state index contributed by atoms with van der Waals surface area (Å²) in [5, 5.41) is 0. The molecule has 0 saturated carbocycles. The van der Waals surface area contributed by atoms with Crippen LogP contribution in [0.1, 0.15) is 30.2 Å². The van der Waals surface area contributed by atoms with Crippen LogP contribution in [0.15, 0.2) is 30.3 Å². The van der Waals surface area contributed by atoms with Gasteiger partial charge in [-0.05, 0) is 37.1 Å². The molecule has 0 radical (unpaired) electrons. The molecule has 10 heteroatoms. The number of rotatable bonds is 6. The van der Waals surface area contributed by atoms with Crippen LogP contribution in [0.2, 0.25) is 0 Å². The lowest BCUT2D eigenvalue weighted by molar-refractivity contribution is -0.142. The minimum absolute atomic E-state index is 0.114. The van der Waals surface area contributed by atoms with Crippen LogP contribution in [0.4, 0.5) is 18.9 Å². The van der Waals surface area contributed by atoms with Crippen LogP contribution >= 0.6 is 0 Å². The zero-order chi connectivity index (χ0) is 21.9. The van der Waals surface area contributed by atoms with Gasteiger partial charge < -0.3 is 20.1 Å². The number of ether oxygens (including phenoxy) is 2. The number of nitrogens with two attached hydrogens (primary N) is 1. The fourth-order valence-electron chi connectivity index (χ4n) is 3.15. The predicted octanol–water partition coefficient (Wildman–Crippen LogP) is 3.19. The monoisotopic (exact) mass is 423 g/mol. The Balaban J connectivity index is 1.95. The van der Waals surface area contributed by atoms with Gasteiger partial charge in [0.15, 0.2) is 0 Å². The summed E-state index contributed by atoms with van der Waals surface area (Å²) in [6, 6.07) is 7.00. The number of hydrogen-bond acceptors (Lipinski definition) is 6. The van der Waals surface area contributed by atoms with Crippen molar-refractivity contribution in [2.75, 3.05) is 18.1 Å². The molecule has 1 aromatic carbocycles. The van der Waals surface area contributed by atoms with Gasteiger partial charge in [0.25, 0.3) is 0 Å². The lowest BCUT2D eigenvalue weighted by Crippen LogP contribution is -2.39. The first kappa shape index (κ1) is 21.6. The highest BCUT2D eigenvalue weighted by Gasteiger charge is 2.34. The molecule has 2 heterocycles. The molecule has 0 aliphatic carbocycles. The maximum atomic E-state index is 13.1. The minimum Gasteiger partial charge on any atom is -0.465 e. The fourth-order valence-corrected chi connectivity index (χ4v) is 3.15. The van der Waals surface area contributed by atoms with Gasteiger partial charge >= 0.3 is 12.1 Å². The number of pyridine rings is 1. The van der Waals surface area contributed by atoms with E-state index in [4.69, 9.17) is 15.2 Å². The third-order valence-electron chi connectivity index (χ3n) is 4.48. The van der Waals surface area contributed by atoms with E-state index in [0.29, 0.717) is 17.7 Å². The molecule has 1 amide bonds. The second-order valence-electron chi connectivity index (χ2n) is 6.54. The van der Waals surface area contributed by atoms with Crippen molar-refractivity contribution in [3.8, 4) is 11.6 Å². The Morgan fingerprint density at radius 1 is 1.27 bits per heavy atom. The first-order chi connectivity index (χ1) is 14.2. The summed E-state index contributed by atoms with van der Waals surface area (Å²) in [5.74, 6) is -0.816. The van der Waals surface area contributed by atoms with Gasteiger partial charge in [0.2, 0.25) is 11.8 Å². The first-order valence-corrected chi connectivity index (χ1v) is 9.27. The van der Waals surface area contributed by atoms with Gasteiger partial charge in [0.05, 0.1) is 12.3 Å². The van der Waals surface area contributed by atoms with E-state index < -0.39 is 17.8 Å². The number of carbonyl (C=O) groups excluding carboxylic acids is 2. The van der Waals surface area contributed by atoms with Crippen molar-refractivity contribution in [2.24, 2.45) is 5.73 Å². The number of halogens is 3. The number of carbonyl (C=O) groups is 2. The zero-order valence-corrected chi connectivity index (χ0v) is 16.2. The SMILES string of the molecule is CCOC(=O)CN1C(=O)CCc2c(Oc3cc(CN)cc(C(F)(F)F)n3)cccc21. The Bertz CT molecular complexity index is 963. The highest BCUT2D eigenvalue weighted by Crippen LogP contribution is 2.37. The summed E-state index contributed by atoms with van der Waals surface area (Å²) < 4.78 is 50.0. The van der Waals surface area contributed by atoms with Crippen LogP contribution < -0.4 is 15.4 Å². The minimum atomic E-state index is -4.65. The highest BCUT2D eigenvalue weighted by atomic mass is 19.4. The third-order valence-corrected chi connectivity index (χ3v) is 4.48. The summed E-state index contributed by atoms with van der Waals surface area (Å²) in [6.07, 6.45) is -4.22. The summed E-state index contributed by atoms with van der Waals surface area (Å²) in [5.41, 5.74) is 5.65. The van der Waals surface area contributed by atoms with E-state index in [2.05, 4.69) is 4.98 Å². The van der Waals surface area contributed by atoms with Crippen LogP contribution in [-0.2, 0) is 33.5 Å². The van der Waals surface area contributed by atoms with Gasteiger partial charge in [0.1, 0.15) is 18.0 Å². The largest absolute Gasteiger partial charge is 0.465 e. The van der Waals surface area contributed by atoms with Crippen molar-refractivity contribution < 1.29 is 32.2 Å². The fraction of sp³-hybridized carbons (Fsp3) is 0.350. The molecule has 1 aliphatic heterocycles. The molecular weight excluding hydrogens is 403 g/mol. The van der Waals surface area contributed by atoms with E-state index in [1.807, 2.05) is 0 Å². The molecule has 2 N–H and O–H groups in total. The van der Waals surface area contributed by atoms with Gasteiger partial charge in [-0.2, -0.15) is 13.2 Å². The average molecular weight is 423 g/mol. The van der Waals surface area contributed by atoms with Crippen molar-refractivity contribution in [3.63, 3.8) is 0 Å². The lowest BCUT2D eigenvalue weighted by atomic mass is 10.00. The first-order valence-electron chi connectivity index (χ1n) is 9.27. The van der Waals surface area contributed by atoms with E-state index in [0.717, 1.165) is 6.07 Å². The number of aromatic nitrogens is 1. The zero-order valence-electron chi connectivity index (χ0n) is 16.2. The molecule has 0 bridgehead atoms. The summed E-state index contributed by atoms with van der Waals surface area (Å²) in [4.78, 5) is 29.0. The van der Waals surface area contributed by atoms with Crippen LogP contribution in [0.25, 0.3) is 0 Å². The summed E-state index contributed by atoms with van der Waals surface area (Å²) in [6.45, 7) is 1.47. The van der Waals surface area contributed by atoms with Crippen LogP contribution in [-0.4, -0.2) is 30.0 Å². The van der Waals surface area contributed by atoms with Crippen molar-refractivity contribution in [1.82, 2.24) is 4.98 Å². The number of benzene rings is 1. The van der Waals surface area contributed by atoms with Gasteiger partial charge in [-0.3, -0.25) is 9.59 Å². The number of anilines is 1. The number of alkyl halides is 3. The van der Waals surface area contributed by atoms with E-state index in [9.17, 15) is 22.8 Å². The molecule has 2 aromatic rings. The second-order valence-corrected chi connectivity index (χ2v) is 6.54. The second kappa shape index (κ2) is 8.70. The normalized spacial score (nSPS) is 13.8. The predicted molar refractivity (Wildman–Crippen MR) is 101 cm³/mol. The average Bonchev–Trinajstić information content (AvgIpc) is 2.69. The molecule has 1 aromatic heterocycles. The number of hydrogen-bond donors (Lipinski definition) is 1. The van der Waals surface area contributed by atoms with Crippen molar-refractivity contribution >= 4 is 17.6 Å². The summed E-state index contributed by atoms with van der Waals surface area (Å²) >= 11 is 0. The number of nitrogens with zero attached hydrogens (tertiary/aromatic N) is 2. The topological polar surface area (TPSA) is 94.8 Å². The standard InChI is InChI=1S/C20H20F3N3O4/c1-2-29-19(28)11-26-14-4-3-5-15(13(14)6-7-18(26)27)30-17-9-12(10-24)8-16(25-17)20(21,22)23/h3-5,8-9H,2,6-7,10-11,24H2,1H3. The van der Waals surface area contributed by atoms with Gasteiger partial charge in [-0.25, -0.2) is 4.98 Å². The van der Waals surface area contributed by atoms with E-state index in [1.165, 1.54) is 11.0 Å². The van der Waals surface area contributed by atoms with Gasteiger partial charge in [-0.15, -0.1) is 0 Å². The van der Waals surface area contributed by atoms with Crippen molar-refractivity contribution in [2.45, 2.75) is 32.5 Å². The third kappa shape index (κ3) is 4.70. The Kier molecular flexibility index (Phi) is 6.25. The van der Waals surface area contributed by atoms with Crippen LogP contribution in [0.3, 0.4) is 0 Å². The maximum absolute atomic E-state index is 13.1. The molecule has 0 spiro atoms. The molecule has 1 aliphatic rings. The Labute approximate surface area is 170 Å². The van der Waals surface area contributed by atoms with Crippen molar-refractivity contribution in [1.29, 1.82) is 0 Å². The molecule has 0 unspecified atom stereocenters. The molecule has 0 atom stereocenters. The molecule has 3 rings (SSSR count). The number of amides is 1. The van der Waals surface area contributed by atoms with Crippen LogP contribution in [0.5, 0.6) is 11.6 Å². The summed E-state index contributed by atoms with van der Waals surface area (Å²) in [7, 11) is 0. The smallest absolute Gasteiger partial charge is 0.433 e. The van der Waals surface area contributed by atoms with Gasteiger partial charge in [-0.1, -0.05) is 6.07 Å². The highest BCUT2D eigenvalue weighted by molar-refractivity contribution is 6.00. The molecular formula is C20H20F3N3O4. The van der Waals surface area contributed by atoms with E-state index in [1.54, 1.807) is 25.1 Å². The number of fused-ring (bicyclic) bond motifs is 1.